The predicted molar refractivity (Wildman–Crippen MR) is 74.9 cm³/mol. The smallest absolute Gasteiger partial charge is 0.241 e. The van der Waals surface area contributed by atoms with Gasteiger partial charge in [0.25, 0.3) is 0 Å². The van der Waals surface area contributed by atoms with Crippen LogP contribution in [0.3, 0.4) is 0 Å². The van der Waals surface area contributed by atoms with Crippen molar-refractivity contribution in [3.63, 3.8) is 0 Å². The van der Waals surface area contributed by atoms with Gasteiger partial charge in [0.15, 0.2) is 0 Å². The molecule has 1 aromatic carbocycles. The number of sulfonamides is 1. The van der Waals surface area contributed by atoms with Crippen LogP contribution in [0.4, 0.5) is 4.39 Å². The summed E-state index contributed by atoms with van der Waals surface area (Å²) in [6, 6.07) is 3.50. The second kappa shape index (κ2) is 5.87. The average Bonchev–Trinajstić information content (AvgIpc) is 2.31. The zero-order valence-corrected chi connectivity index (χ0v) is 12.9. The molecule has 0 aromatic heterocycles. The number of benzene rings is 1. The van der Waals surface area contributed by atoms with Crippen LogP contribution in [-0.2, 0) is 10.0 Å². The average molecular weight is 351 g/mol. The number of hydrogen-bond donors (Lipinski definition) is 2. The van der Waals surface area contributed by atoms with E-state index in [0.717, 1.165) is 31.5 Å². The molecular weight excluding hydrogens is 335 g/mol. The van der Waals surface area contributed by atoms with Crippen LogP contribution in [0.5, 0.6) is 0 Å². The molecule has 0 amide bonds. The molecule has 1 saturated heterocycles. The Balaban J connectivity index is 2.22. The van der Waals surface area contributed by atoms with Gasteiger partial charge in [-0.15, -0.1) is 0 Å². The van der Waals surface area contributed by atoms with Crippen molar-refractivity contribution in [1.29, 1.82) is 0 Å². The highest BCUT2D eigenvalue weighted by atomic mass is 79.9. The van der Waals surface area contributed by atoms with Crippen LogP contribution < -0.4 is 10.0 Å². The molecule has 2 N–H and O–H groups in total. The van der Waals surface area contributed by atoms with Crippen LogP contribution in [0, 0.1) is 5.82 Å². The van der Waals surface area contributed by atoms with E-state index in [1.54, 1.807) is 0 Å². The molecule has 19 heavy (non-hydrogen) atoms. The normalized spacial score (nSPS) is 24.4. The van der Waals surface area contributed by atoms with Crippen molar-refractivity contribution in [1.82, 2.24) is 10.0 Å². The lowest BCUT2D eigenvalue weighted by Gasteiger charge is -2.30. The van der Waals surface area contributed by atoms with Crippen molar-refractivity contribution in [2.45, 2.75) is 36.7 Å². The van der Waals surface area contributed by atoms with Crippen molar-refractivity contribution in [3.8, 4) is 0 Å². The summed E-state index contributed by atoms with van der Waals surface area (Å²) in [5, 5.41) is 3.23. The molecule has 0 saturated carbocycles. The fourth-order valence-electron chi connectivity index (χ4n) is 2.16. The minimum atomic E-state index is -3.64. The van der Waals surface area contributed by atoms with Crippen LogP contribution in [0.1, 0.15) is 19.8 Å². The van der Waals surface area contributed by atoms with Crippen molar-refractivity contribution in [2.75, 3.05) is 6.54 Å². The Hall–Kier alpha value is -0.500. The molecule has 2 rings (SSSR count). The molecule has 106 valence electrons. The Kier molecular flexibility index (Phi) is 4.60. The molecule has 1 aliphatic heterocycles. The minimum absolute atomic E-state index is 0.0617. The van der Waals surface area contributed by atoms with Crippen molar-refractivity contribution in [3.05, 3.63) is 28.5 Å². The lowest BCUT2D eigenvalue weighted by Crippen LogP contribution is -2.51. The van der Waals surface area contributed by atoms with E-state index in [4.69, 9.17) is 0 Å². The summed E-state index contributed by atoms with van der Waals surface area (Å²) in [4.78, 5) is 0.0617. The van der Waals surface area contributed by atoms with Gasteiger partial charge in [-0.1, -0.05) is 0 Å². The van der Waals surface area contributed by atoms with Gasteiger partial charge in [0.1, 0.15) is 5.82 Å². The second-order valence-electron chi connectivity index (χ2n) is 4.69. The third-order valence-corrected chi connectivity index (χ3v) is 5.72. The van der Waals surface area contributed by atoms with E-state index in [2.05, 4.69) is 26.0 Å². The van der Waals surface area contributed by atoms with E-state index in [9.17, 15) is 12.8 Å². The SMILES string of the molecule is CC1NCCCC1NS(=O)(=O)c1ccc(F)cc1Br. The van der Waals surface area contributed by atoms with Crippen LogP contribution in [0.2, 0.25) is 0 Å². The molecule has 1 aliphatic rings. The lowest BCUT2D eigenvalue weighted by atomic mass is 10.0. The topological polar surface area (TPSA) is 58.2 Å². The maximum atomic E-state index is 13.0. The van der Waals surface area contributed by atoms with Gasteiger partial charge in [0.2, 0.25) is 10.0 Å². The number of halogens is 2. The lowest BCUT2D eigenvalue weighted by molar-refractivity contribution is 0.348. The quantitative estimate of drug-likeness (QED) is 0.876. The summed E-state index contributed by atoms with van der Waals surface area (Å²) in [6.07, 6.45) is 1.73. The molecular formula is C12H16BrFN2O2S. The maximum Gasteiger partial charge on any atom is 0.241 e. The Labute approximate surface area is 121 Å². The number of rotatable bonds is 3. The number of nitrogens with one attached hydrogen (secondary N) is 2. The number of hydrogen-bond acceptors (Lipinski definition) is 3. The van der Waals surface area contributed by atoms with Gasteiger partial charge in [-0.3, -0.25) is 0 Å². The van der Waals surface area contributed by atoms with Crippen LogP contribution in [-0.4, -0.2) is 27.0 Å². The molecule has 0 bridgehead atoms. The van der Waals surface area contributed by atoms with Crippen LogP contribution in [0.15, 0.2) is 27.6 Å². The third kappa shape index (κ3) is 3.53. The van der Waals surface area contributed by atoms with E-state index in [1.807, 2.05) is 6.92 Å². The van der Waals surface area contributed by atoms with E-state index < -0.39 is 15.8 Å². The summed E-state index contributed by atoms with van der Waals surface area (Å²) in [5.74, 6) is -0.474. The van der Waals surface area contributed by atoms with Crippen molar-refractivity contribution < 1.29 is 12.8 Å². The van der Waals surface area contributed by atoms with Gasteiger partial charge in [-0.2, -0.15) is 0 Å². The molecule has 7 heteroatoms. The fourth-order valence-corrected chi connectivity index (χ4v) is 4.56. The van der Waals surface area contributed by atoms with E-state index >= 15 is 0 Å². The fraction of sp³-hybridized carbons (Fsp3) is 0.500. The third-order valence-electron chi connectivity index (χ3n) is 3.25. The van der Waals surface area contributed by atoms with Crippen molar-refractivity contribution >= 4 is 26.0 Å². The molecule has 0 aliphatic carbocycles. The van der Waals surface area contributed by atoms with E-state index in [1.165, 1.54) is 6.07 Å². The first-order chi connectivity index (χ1) is 8.90. The Morgan fingerprint density at radius 1 is 1.47 bits per heavy atom. The monoisotopic (exact) mass is 350 g/mol. The van der Waals surface area contributed by atoms with Crippen LogP contribution in [0.25, 0.3) is 0 Å². The van der Waals surface area contributed by atoms with Gasteiger partial charge < -0.3 is 5.32 Å². The summed E-state index contributed by atoms with van der Waals surface area (Å²) in [5.41, 5.74) is 0. The highest BCUT2D eigenvalue weighted by Crippen LogP contribution is 2.23. The van der Waals surface area contributed by atoms with Gasteiger partial charge >= 0.3 is 0 Å². The summed E-state index contributed by atoms with van der Waals surface area (Å²) in [7, 11) is -3.64. The zero-order valence-electron chi connectivity index (χ0n) is 10.5. The Morgan fingerprint density at radius 3 is 2.84 bits per heavy atom. The van der Waals surface area contributed by atoms with Gasteiger partial charge in [-0.05, 0) is 60.4 Å². The highest BCUT2D eigenvalue weighted by molar-refractivity contribution is 9.10. The molecule has 4 nitrogen and oxygen atoms in total. The maximum absolute atomic E-state index is 13.0. The summed E-state index contributed by atoms with van der Waals surface area (Å²) < 4.78 is 40.5. The minimum Gasteiger partial charge on any atom is -0.313 e. The first-order valence-electron chi connectivity index (χ1n) is 6.11. The van der Waals surface area contributed by atoms with Gasteiger partial charge in [-0.25, -0.2) is 17.5 Å². The molecule has 2 atom stereocenters. The molecule has 2 unspecified atom stereocenters. The predicted octanol–water partition coefficient (Wildman–Crippen LogP) is 2.01. The molecule has 1 aromatic rings. The van der Waals surface area contributed by atoms with E-state index in [-0.39, 0.29) is 21.5 Å². The molecule has 1 fully saturated rings. The Morgan fingerprint density at radius 2 is 2.21 bits per heavy atom. The first kappa shape index (κ1) is 14.9. The van der Waals surface area contributed by atoms with Gasteiger partial charge in [0.05, 0.1) is 4.90 Å². The highest BCUT2D eigenvalue weighted by Gasteiger charge is 2.27. The molecule has 0 spiro atoms. The van der Waals surface area contributed by atoms with Gasteiger partial charge in [0, 0.05) is 16.6 Å². The molecule has 1 heterocycles. The largest absolute Gasteiger partial charge is 0.313 e. The Bertz CT molecular complexity index is 565. The molecule has 0 radical (unpaired) electrons. The zero-order chi connectivity index (χ0) is 14.0. The first-order valence-corrected chi connectivity index (χ1v) is 8.38. The van der Waals surface area contributed by atoms with E-state index in [0.29, 0.717) is 0 Å². The van der Waals surface area contributed by atoms with Crippen LogP contribution >= 0.6 is 15.9 Å². The summed E-state index contributed by atoms with van der Waals surface area (Å²) >= 11 is 3.09. The summed E-state index contributed by atoms with van der Waals surface area (Å²) in [6.45, 7) is 2.85. The number of piperidine rings is 1. The van der Waals surface area contributed by atoms with Crippen molar-refractivity contribution in [2.24, 2.45) is 0 Å². The second-order valence-corrected chi connectivity index (χ2v) is 7.22. The standard InChI is InChI=1S/C12H16BrFN2O2S/c1-8-11(3-2-6-15-8)16-19(17,18)12-5-4-9(14)7-10(12)13/h4-5,7-8,11,15-16H,2-3,6H2,1H3.